The summed E-state index contributed by atoms with van der Waals surface area (Å²) in [5.74, 6) is 0. The summed E-state index contributed by atoms with van der Waals surface area (Å²) in [5.41, 5.74) is 3.55. The minimum Gasteiger partial charge on any atom is -0.304 e. The molecule has 2 aliphatic heterocycles. The first-order chi connectivity index (χ1) is 8.24. The van der Waals surface area contributed by atoms with Crippen LogP contribution in [0.5, 0.6) is 0 Å². The van der Waals surface area contributed by atoms with Crippen LogP contribution in [0.3, 0.4) is 0 Å². The number of nitrogens with one attached hydrogen (secondary N) is 1. The van der Waals surface area contributed by atoms with E-state index in [-0.39, 0.29) is 0 Å². The third kappa shape index (κ3) is 4.52. The number of rotatable bonds is 4. The predicted octanol–water partition coefficient (Wildman–Crippen LogP) is -1.01. The first kappa shape index (κ1) is 13.2. The molecule has 0 saturated carbocycles. The molecule has 17 heavy (non-hydrogen) atoms. The van der Waals surface area contributed by atoms with Crippen molar-refractivity contribution in [2.24, 2.45) is 0 Å². The first-order valence-corrected chi connectivity index (χ1v) is 6.82. The predicted molar refractivity (Wildman–Crippen MR) is 71.0 cm³/mol. The van der Waals surface area contributed by atoms with Gasteiger partial charge in [-0.25, -0.2) is 5.01 Å². The van der Waals surface area contributed by atoms with E-state index in [4.69, 9.17) is 0 Å². The minimum absolute atomic E-state index is 1.09. The lowest BCUT2D eigenvalue weighted by atomic mass is 10.3. The van der Waals surface area contributed by atoms with Crippen LogP contribution in [-0.2, 0) is 0 Å². The number of likely N-dealkylation sites (N-methyl/N-ethyl adjacent to an activating group) is 2. The number of piperazine rings is 2. The van der Waals surface area contributed by atoms with Crippen molar-refractivity contribution in [1.82, 2.24) is 25.1 Å². The molecule has 100 valence electrons. The van der Waals surface area contributed by atoms with E-state index in [9.17, 15) is 0 Å². The lowest BCUT2D eigenvalue weighted by molar-refractivity contribution is 0.0919. The number of nitrogens with zero attached hydrogens (tertiary/aromatic N) is 4. The molecule has 5 nitrogen and oxygen atoms in total. The second-order valence-electron chi connectivity index (χ2n) is 5.34. The summed E-state index contributed by atoms with van der Waals surface area (Å²) in [4.78, 5) is 7.35. The van der Waals surface area contributed by atoms with E-state index in [1.807, 2.05) is 0 Å². The van der Waals surface area contributed by atoms with Gasteiger partial charge in [-0.2, -0.15) is 0 Å². The number of hydrazine groups is 1. The first-order valence-electron chi connectivity index (χ1n) is 6.82. The molecule has 0 unspecified atom stereocenters. The van der Waals surface area contributed by atoms with Gasteiger partial charge in [0, 0.05) is 65.4 Å². The van der Waals surface area contributed by atoms with E-state index in [1.54, 1.807) is 0 Å². The SMILES string of the molecule is CN1CCN(CCNN2CCN(C)CC2)CC1. The van der Waals surface area contributed by atoms with Crippen molar-refractivity contribution >= 4 is 0 Å². The van der Waals surface area contributed by atoms with Crippen LogP contribution in [0.1, 0.15) is 0 Å². The van der Waals surface area contributed by atoms with Gasteiger partial charge >= 0.3 is 0 Å². The van der Waals surface area contributed by atoms with Crippen molar-refractivity contribution in [3.05, 3.63) is 0 Å². The molecule has 5 heteroatoms. The fourth-order valence-electron chi connectivity index (χ4n) is 2.40. The Labute approximate surface area is 105 Å². The van der Waals surface area contributed by atoms with Crippen LogP contribution in [0.25, 0.3) is 0 Å². The highest BCUT2D eigenvalue weighted by Gasteiger charge is 2.15. The molecule has 2 rings (SSSR count). The van der Waals surface area contributed by atoms with Gasteiger partial charge in [0.2, 0.25) is 0 Å². The van der Waals surface area contributed by atoms with Crippen molar-refractivity contribution in [3.63, 3.8) is 0 Å². The average Bonchev–Trinajstić information content (AvgIpc) is 2.34. The molecule has 0 aromatic carbocycles. The zero-order chi connectivity index (χ0) is 12.1. The van der Waals surface area contributed by atoms with Crippen LogP contribution in [0, 0.1) is 0 Å². The maximum atomic E-state index is 3.55. The van der Waals surface area contributed by atoms with Crippen molar-refractivity contribution in [3.8, 4) is 0 Å². The molecule has 2 heterocycles. The molecule has 0 spiro atoms. The summed E-state index contributed by atoms with van der Waals surface area (Å²) in [7, 11) is 4.40. The summed E-state index contributed by atoms with van der Waals surface area (Å²) in [6.45, 7) is 11.8. The lowest BCUT2D eigenvalue weighted by Crippen LogP contribution is -2.53. The minimum atomic E-state index is 1.09. The molecular formula is C12H27N5. The summed E-state index contributed by atoms with van der Waals surface area (Å²) in [6, 6.07) is 0. The van der Waals surface area contributed by atoms with Gasteiger partial charge < -0.3 is 9.80 Å². The molecule has 2 aliphatic rings. The molecule has 0 amide bonds. The molecule has 0 aliphatic carbocycles. The molecule has 0 atom stereocenters. The maximum absolute atomic E-state index is 3.55. The third-order valence-corrected chi connectivity index (χ3v) is 3.86. The van der Waals surface area contributed by atoms with Crippen molar-refractivity contribution in [1.29, 1.82) is 0 Å². The molecule has 0 aromatic heterocycles. The standard InChI is InChI=1S/C12H27N5/c1-14-5-9-16(10-6-14)4-3-13-17-11-7-15(2)8-12-17/h13H,3-12H2,1-2H3. The van der Waals surface area contributed by atoms with Gasteiger partial charge in [-0.15, -0.1) is 0 Å². The van der Waals surface area contributed by atoms with E-state index in [1.165, 1.54) is 45.8 Å². The normalized spacial score (nSPS) is 26.5. The second kappa shape index (κ2) is 6.66. The molecule has 1 N–H and O–H groups in total. The molecular weight excluding hydrogens is 214 g/mol. The monoisotopic (exact) mass is 241 g/mol. The number of hydrogen-bond donors (Lipinski definition) is 1. The highest BCUT2D eigenvalue weighted by atomic mass is 15.5. The van der Waals surface area contributed by atoms with Crippen LogP contribution >= 0.6 is 0 Å². The summed E-state index contributed by atoms with van der Waals surface area (Å²) >= 11 is 0. The maximum Gasteiger partial charge on any atom is 0.0259 e. The van der Waals surface area contributed by atoms with E-state index in [2.05, 4.69) is 39.2 Å². The fourth-order valence-corrected chi connectivity index (χ4v) is 2.40. The van der Waals surface area contributed by atoms with Crippen LogP contribution in [0.2, 0.25) is 0 Å². The molecule has 0 radical (unpaired) electrons. The van der Waals surface area contributed by atoms with Crippen molar-refractivity contribution in [2.75, 3.05) is 79.5 Å². The van der Waals surface area contributed by atoms with Gasteiger partial charge in [0.15, 0.2) is 0 Å². The van der Waals surface area contributed by atoms with Crippen LogP contribution in [0.4, 0.5) is 0 Å². The van der Waals surface area contributed by atoms with Crippen molar-refractivity contribution in [2.45, 2.75) is 0 Å². The summed E-state index contributed by atoms with van der Waals surface area (Å²) < 4.78 is 0. The summed E-state index contributed by atoms with van der Waals surface area (Å²) in [6.07, 6.45) is 0. The topological polar surface area (TPSA) is 25.0 Å². The Morgan fingerprint density at radius 1 is 0.765 bits per heavy atom. The Balaban J connectivity index is 1.54. The second-order valence-corrected chi connectivity index (χ2v) is 5.34. The highest BCUT2D eigenvalue weighted by molar-refractivity contribution is 4.71. The average molecular weight is 241 g/mol. The van der Waals surface area contributed by atoms with Crippen LogP contribution in [0.15, 0.2) is 0 Å². The van der Waals surface area contributed by atoms with Gasteiger partial charge in [0.1, 0.15) is 0 Å². The largest absolute Gasteiger partial charge is 0.304 e. The molecule has 0 aromatic rings. The third-order valence-electron chi connectivity index (χ3n) is 3.86. The van der Waals surface area contributed by atoms with E-state index in [0.29, 0.717) is 0 Å². The van der Waals surface area contributed by atoms with Gasteiger partial charge in [-0.3, -0.25) is 10.3 Å². The lowest BCUT2D eigenvalue weighted by Gasteiger charge is -2.35. The van der Waals surface area contributed by atoms with E-state index >= 15 is 0 Å². The Hall–Kier alpha value is -0.200. The van der Waals surface area contributed by atoms with Crippen LogP contribution < -0.4 is 5.43 Å². The Morgan fingerprint density at radius 2 is 1.29 bits per heavy atom. The number of hydrogen-bond acceptors (Lipinski definition) is 5. The molecule has 2 saturated heterocycles. The smallest absolute Gasteiger partial charge is 0.0259 e. The molecule has 2 fully saturated rings. The van der Waals surface area contributed by atoms with Crippen molar-refractivity contribution < 1.29 is 0 Å². The molecule has 0 bridgehead atoms. The zero-order valence-corrected chi connectivity index (χ0v) is 11.4. The van der Waals surface area contributed by atoms with Gasteiger partial charge in [-0.1, -0.05) is 0 Å². The summed E-state index contributed by atoms with van der Waals surface area (Å²) in [5, 5.41) is 2.37. The Bertz CT molecular complexity index is 185. The Kier molecular flexibility index (Phi) is 5.18. The van der Waals surface area contributed by atoms with E-state index < -0.39 is 0 Å². The zero-order valence-electron chi connectivity index (χ0n) is 11.4. The van der Waals surface area contributed by atoms with Gasteiger partial charge in [0.05, 0.1) is 0 Å². The van der Waals surface area contributed by atoms with Gasteiger partial charge in [0.25, 0.3) is 0 Å². The fraction of sp³-hybridized carbons (Fsp3) is 1.00. The highest BCUT2D eigenvalue weighted by Crippen LogP contribution is 1.98. The van der Waals surface area contributed by atoms with E-state index in [0.717, 1.165) is 19.6 Å². The Morgan fingerprint density at radius 3 is 1.88 bits per heavy atom. The van der Waals surface area contributed by atoms with Gasteiger partial charge in [-0.05, 0) is 14.1 Å². The quantitative estimate of drug-likeness (QED) is 0.680. The van der Waals surface area contributed by atoms with Crippen LogP contribution in [-0.4, -0.2) is 99.3 Å².